The Hall–Kier alpha value is -2.30. The van der Waals surface area contributed by atoms with Gasteiger partial charge in [0.25, 0.3) is 0 Å². The minimum absolute atomic E-state index is 0.755. The third-order valence-electron chi connectivity index (χ3n) is 4.65. The number of thiazole rings is 1. The molecule has 0 saturated carbocycles. The summed E-state index contributed by atoms with van der Waals surface area (Å²) >= 11 is 7.91. The van der Waals surface area contributed by atoms with Crippen molar-refractivity contribution in [1.29, 1.82) is 0 Å². The van der Waals surface area contributed by atoms with Gasteiger partial charge < -0.3 is 9.55 Å². The molecule has 0 aliphatic heterocycles. The number of nitrogens with one attached hydrogen (secondary N) is 1. The maximum atomic E-state index is 6.24. The fourth-order valence-corrected chi connectivity index (χ4v) is 4.21. The van der Waals surface area contributed by atoms with Crippen LogP contribution in [0.5, 0.6) is 0 Å². The molecular formula is C21H20ClN3S. The minimum atomic E-state index is 0.755. The molecule has 3 nitrogen and oxygen atoms in total. The Bertz CT molecular complexity index is 1130. The van der Waals surface area contributed by atoms with Gasteiger partial charge in [0.1, 0.15) is 0 Å². The molecule has 0 bridgehead atoms. The molecule has 0 radical (unpaired) electrons. The molecule has 0 spiro atoms. The van der Waals surface area contributed by atoms with Gasteiger partial charge in [-0.2, -0.15) is 0 Å². The Morgan fingerprint density at radius 1 is 1.15 bits per heavy atom. The summed E-state index contributed by atoms with van der Waals surface area (Å²) in [4.78, 5) is 9.17. The SMILES string of the molecule is Cc1ccc(N=c2scc(C)n2CCc2c[nH]c3ccccc23)cc1Cl. The lowest BCUT2D eigenvalue weighted by atomic mass is 10.1. The summed E-state index contributed by atoms with van der Waals surface area (Å²) in [6.45, 7) is 5.03. The highest BCUT2D eigenvalue weighted by Gasteiger charge is 2.06. The quantitative estimate of drug-likeness (QED) is 0.465. The molecule has 26 heavy (non-hydrogen) atoms. The molecule has 2 aromatic heterocycles. The Balaban J connectivity index is 1.64. The average Bonchev–Trinajstić information content (AvgIpc) is 3.20. The van der Waals surface area contributed by atoms with Crippen molar-refractivity contribution >= 4 is 39.5 Å². The molecule has 0 aliphatic carbocycles. The lowest BCUT2D eigenvalue weighted by Crippen LogP contribution is -2.17. The number of aromatic nitrogens is 2. The van der Waals surface area contributed by atoms with E-state index in [0.29, 0.717) is 0 Å². The number of nitrogens with zero attached hydrogens (tertiary/aromatic N) is 2. The van der Waals surface area contributed by atoms with Gasteiger partial charge in [-0.3, -0.25) is 0 Å². The molecule has 4 rings (SSSR count). The zero-order chi connectivity index (χ0) is 18.1. The number of halogens is 1. The minimum Gasteiger partial charge on any atom is -0.361 e. The first-order valence-electron chi connectivity index (χ1n) is 8.62. The predicted molar refractivity (Wildman–Crippen MR) is 110 cm³/mol. The molecular weight excluding hydrogens is 362 g/mol. The number of aryl methyl sites for hydroxylation is 3. The van der Waals surface area contributed by atoms with E-state index < -0.39 is 0 Å². The van der Waals surface area contributed by atoms with E-state index in [1.807, 2.05) is 25.1 Å². The summed E-state index contributed by atoms with van der Waals surface area (Å²) in [5, 5.41) is 4.21. The van der Waals surface area contributed by atoms with E-state index in [9.17, 15) is 0 Å². The number of rotatable bonds is 4. The van der Waals surface area contributed by atoms with Gasteiger partial charge in [0.15, 0.2) is 4.80 Å². The summed E-state index contributed by atoms with van der Waals surface area (Å²) in [6.07, 6.45) is 3.08. The monoisotopic (exact) mass is 381 g/mol. The van der Waals surface area contributed by atoms with E-state index in [-0.39, 0.29) is 0 Å². The maximum absolute atomic E-state index is 6.24. The van der Waals surface area contributed by atoms with Crippen molar-refractivity contribution in [2.75, 3.05) is 0 Å². The molecule has 0 atom stereocenters. The van der Waals surface area contributed by atoms with Crippen molar-refractivity contribution in [2.45, 2.75) is 26.8 Å². The van der Waals surface area contributed by atoms with Crippen LogP contribution in [0.1, 0.15) is 16.8 Å². The normalized spacial score (nSPS) is 12.2. The van der Waals surface area contributed by atoms with Crippen LogP contribution in [0.15, 0.2) is 59.0 Å². The summed E-state index contributed by atoms with van der Waals surface area (Å²) in [6, 6.07) is 14.4. The topological polar surface area (TPSA) is 33.1 Å². The zero-order valence-corrected chi connectivity index (χ0v) is 16.4. The number of aromatic amines is 1. The average molecular weight is 382 g/mol. The Morgan fingerprint density at radius 3 is 2.85 bits per heavy atom. The van der Waals surface area contributed by atoms with Gasteiger partial charge in [0.2, 0.25) is 0 Å². The first kappa shape index (κ1) is 17.1. The lowest BCUT2D eigenvalue weighted by Gasteiger charge is -2.06. The second-order valence-corrected chi connectivity index (χ2v) is 7.71. The van der Waals surface area contributed by atoms with Crippen molar-refractivity contribution in [1.82, 2.24) is 9.55 Å². The number of fused-ring (bicyclic) bond motifs is 1. The zero-order valence-electron chi connectivity index (χ0n) is 14.8. The number of para-hydroxylation sites is 1. The summed E-state index contributed by atoms with van der Waals surface area (Å²) in [5.41, 5.74) is 5.71. The third kappa shape index (κ3) is 3.35. The summed E-state index contributed by atoms with van der Waals surface area (Å²) in [7, 11) is 0. The fraction of sp³-hybridized carbons (Fsp3) is 0.190. The lowest BCUT2D eigenvalue weighted by molar-refractivity contribution is 0.660. The Labute approximate surface area is 161 Å². The van der Waals surface area contributed by atoms with Crippen LogP contribution in [0.25, 0.3) is 10.9 Å². The summed E-state index contributed by atoms with van der Waals surface area (Å²) in [5.74, 6) is 0. The predicted octanol–water partition coefficient (Wildman–Crippen LogP) is 5.78. The highest BCUT2D eigenvalue weighted by atomic mass is 35.5. The van der Waals surface area contributed by atoms with Gasteiger partial charge in [-0.05, 0) is 49.6 Å². The number of hydrogen-bond acceptors (Lipinski definition) is 2. The van der Waals surface area contributed by atoms with Crippen LogP contribution >= 0.6 is 22.9 Å². The van der Waals surface area contributed by atoms with Gasteiger partial charge in [-0.1, -0.05) is 35.9 Å². The van der Waals surface area contributed by atoms with Gasteiger partial charge in [-0.25, -0.2) is 4.99 Å². The van der Waals surface area contributed by atoms with Crippen molar-refractivity contribution < 1.29 is 0 Å². The van der Waals surface area contributed by atoms with Crippen LogP contribution in [0.2, 0.25) is 5.02 Å². The van der Waals surface area contributed by atoms with E-state index in [2.05, 4.69) is 52.3 Å². The molecule has 0 fully saturated rings. The first-order valence-corrected chi connectivity index (χ1v) is 9.88. The van der Waals surface area contributed by atoms with Gasteiger partial charge in [-0.15, -0.1) is 11.3 Å². The van der Waals surface area contributed by atoms with E-state index in [4.69, 9.17) is 16.6 Å². The number of benzene rings is 2. The number of hydrogen-bond donors (Lipinski definition) is 1. The molecule has 4 aromatic rings. The van der Waals surface area contributed by atoms with Crippen LogP contribution in [-0.2, 0) is 13.0 Å². The van der Waals surface area contributed by atoms with Crippen LogP contribution < -0.4 is 4.80 Å². The van der Waals surface area contributed by atoms with E-state index in [1.165, 1.54) is 22.2 Å². The summed E-state index contributed by atoms with van der Waals surface area (Å²) < 4.78 is 2.28. The van der Waals surface area contributed by atoms with Gasteiger partial charge >= 0.3 is 0 Å². The van der Waals surface area contributed by atoms with E-state index in [1.54, 1.807) is 11.3 Å². The van der Waals surface area contributed by atoms with Gasteiger partial charge in [0, 0.05) is 39.7 Å². The fourth-order valence-electron chi connectivity index (χ4n) is 3.11. The van der Waals surface area contributed by atoms with Crippen LogP contribution in [0.3, 0.4) is 0 Å². The molecule has 132 valence electrons. The third-order valence-corrected chi connectivity index (χ3v) is 6.04. The van der Waals surface area contributed by atoms with Crippen LogP contribution in [-0.4, -0.2) is 9.55 Å². The van der Waals surface area contributed by atoms with Crippen molar-refractivity contribution in [3.8, 4) is 0 Å². The van der Waals surface area contributed by atoms with Gasteiger partial charge in [0.05, 0.1) is 5.69 Å². The molecule has 2 heterocycles. The van der Waals surface area contributed by atoms with Crippen molar-refractivity contribution in [2.24, 2.45) is 4.99 Å². The largest absolute Gasteiger partial charge is 0.361 e. The second kappa shape index (κ2) is 7.14. The molecule has 0 unspecified atom stereocenters. The van der Waals surface area contributed by atoms with E-state index >= 15 is 0 Å². The number of H-pyrrole nitrogens is 1. The molecule has 1 N–H and O–H groups in total. The Morgan fingerprint density at radius 2 is 2.00 bits per heavy atom. The molecule has 0 amide bonds. The maximum Gasteiger partial charge on any atom is 0.190 e. The highest BCUT2D eigenvalue weighted by Crippen LogP contribution is 2.22. The standard InChI is InChI=1S/C21H20ClN3S/c1-14-7-8-17(11-19(14)22)24-21-25(15(2)13-26-21)10-9-16-12-23-20-6-4-3-5-18(16)20/h3-8,11-13,23H,9-10H2,1-2H3. The highest BCUT2D eigenvalue weighted by molar-refractivity contribution is 7.07. The van der Waals surface area contributed by atoms with Crippen LogP contribution in [0, 0.1) is 13.8 Å². The molecule has 0 aliphatic rings. The molecule has 5 heteroatoms. The second-order valence-electron chi connectivity index (χ2n) is 6.47. The van der Waals surface area contributed by atoms with Crippen LogP contribution in [0.4, 0.5) is 5.69 Å². The first-order chi connectivity index (χ1) is 12.6. The molecule has 2 aromatic carbocycles. The molecule has 0 saturated heterocycles. The van der Waals surface area contributed by atoms with Crippen molar-refractivity contribution in [3.63, 3.8) is 0 Å². The van der Waals surface area contributed by atoms with E-state index in [0.717, 1.165) is 34.0 Å². The smallest absolute Gasteiger partial charge is 0.190 e. The Kier molecular flexibility index (Phi) is 4.70. The van der Waals surface area contributed by atoms with Crippen molar-refractivity contribution in [3.05, 3.63) is 80.7 Å².